The molecular formula is C16H15N3O2. The summed E-state index contributed by atoms with van der Waals surface area (Å²) in [6.45, 7) is 5.44. The smallest absolute Gasteiger partial charge is 0.359 e. The highest BCUT2D eigenvalue weighted by atomic mass is 16.6. The Hall–Kier alpha value is -2.56. The Balaban J connectivity index is 2.09. The highest BCUT2D eigenvalue weighted by Gasteiger charge is 2.19. The van der Waals surface area contributed by atoms with Crippen molar-refractivity contribution in [2.24, 2.45) is 0 Å². The maximum absolute atomic E-state index is 12.0. The predicted octanol–water partition coefficient (Wildman–Crippen LogP) is 3.13. The summed E-state index contributed by atoms with van der Waals surface area (Å²) in [5, 5.41) is 0.915. The van der Waals surface area contributed by atoms with Crippen molar-refractivity contribution < 1.29 is 9.53 Å². The average Bonchev–Trinajstić information content (AvgIpc) is 2.44. The first-order chi connectivity index (χ1) is 9.94. The highest BCUT2D eigenvalue weighted by molar-refractivity contribution is 6.02. The van der Waals surface area contributed by atoms with Gasteiger partial charge in [0.05, 0.1) is 23.4 Å². The lowest BCUT2D eigenvalue weighted by Crippen LogP contribution is -2.24. The van der Waals surface area contributed by atoms with Gasteiger partial charge in [0.2, 0.25) is 0 Å². The van der Waals surface area contributed by atoms with Crippen LogP contribution in [0.1, 0.15) is 31.3 Å². The lowest BCUT2D eigenvalue weighted by molar-refractivity contribution is 0.00628. The van der Waals surface area contributed by atoms with E-state index in [9.17, 15) is 4.79 Å². The molecule has 0 saturated carbocycles. The molecule has 0 bridgehead atoms. The maximum atomic E-state index is 12.0. The van der Waals surface area contributed by atoms with Crippen LogP contribution in [0.3, 0.4) is 0 Å². The third kappa shape index (κ3) is 2.67. The SMILES string of the molecule is CC(C)(C)OC(=O)c1cnc2c(cnc3ccccc32)n1. The minimum Gasteiger partial charge on any atom is -0.455 e. The molecule has 2 aromatic heterocycles. The van der Waals surface area contributed by atoms with E-state index in [1.807, 2.05) is 45.0 Å². The molecule has 0 aliphatic heterocycles. The highest BCUT2D eigenvalue weighted by Crippen LogP contribution is 2.20. The largest absolute Gasteiger partial charge is 0.455 e. The molecule has 106 valence electrons. The Labute approximate surface area is 122 Å². The number of carbonyl (C=O) groups excluding carboxylic acids is 1. The number of benzene rings is 1. The number of hydrogen-bond donors (Lipinski definition) is 0. The van der Waals surface area contributed by atoms with E-state index < -0.39 is 11.6 Å². The lowest BCUT2D eigenvalue weighted by atomic mass is 10.2. The van der Waals surface area contributed by atoms with Crippen LogP contribution in [0.2, 0.25) is 0 Å². The summed E-state index contributed by atoms with van der Waals surface area (Å²) in [5.74, 6) is -0.481. The number of esters is 1. The fraction of sp³-hybridized carbons (Fsp3) is 0.250. The zero-order valence-electron chi connectivity index (χ0n) is 12.1. The van der Waals surface area contributed by atoms with Crippen LogP contribution in [0.5, 0.6) is 0 Å². The van der Waals surface area contributed by atoms with E-state index in [0.717, 1.165) is 16.4 Å². The number of aromatic nitrogens is 3. The van der Waals surface area contributed by atoms with Crippen molar-refractivity contribution in [3.05, 3.63) is 42.4 Å². The first kappa shape index (κ1) is 13.4. The number of para-hydroxylation sites is 1. The van der Waals surface area contributed by atoms with E-state index in [1.54, 1.807) is 6.20 Å². The Morgan fingerprint density at radius 1 is 1.05 bits per heavy atom. The van der Waals surface area contributed by atoms with Crippen molar-refractivity contribution in [1.82, 2.24) is 15.0 Å². The third-order valence-corrected chi connectivity index (χ3v) is 2.89. The average molecular weight is 281 g/mol. The number of rotatable bonds is 1. The number of fused-ring (bicyclic) bond motifs is 3. The molecule has 0 spiro atoms. The Morgan fingerprint density at radius 3 is 2.57 bits per heavy atom. The second kappa shape index (κ2) is 4.77. The van der Waals surface area contributed by atoms with Crippen molar-refractivity contribution in [3.8, 4) is 0 Å². The van der Waals surface area contributed by atoms with Gasteiger partial charge in [-0.05, 0) is 26.8 Å². The van der Waals surface area contributed by atoms with Gasteiger partial charge in [-0.1, -0.05) is 18.2 Å². The summed E-state index contributed by atoms with van der Waals surface area (Å²) in [6, 6.07) is 7.70. The van der Waals surface area contributed by atoms with Crippen LogP contribution in [0.4, 0.5) is 0 Å². The van der Waals surface area contributed by atoms with Gasteiger partial charge in [-0.2, -0.15) is 0 Å². The molecule has 3 aromatic rings. The van der Waals surface area contributed by atoms with Crippen molar-refractivity contribution in [2.45, 2.75) is 26.4 Å². The summed E-state index contributed by atoms with van der Waals surface area (Å²) in [6.07, 6.45) is 3.07. The molecule has 1 aromatic carbocycles. The number of pyridine rings is 1. The van der Waals surface area contributed by atoms with Crippen LogP contribution >= 0.6 is 0 Å². The fourth-order valence-corrected chi connectivity index (χ4v) is 2.05. The molecular weight excluding hydrogens is 266 g/mol. The van der Waals surface area contributed by atoms with Crippen LogP contribution in [-0.2, 0) is 4.74 Å². The lowest BCUT2D eigenvalue weighted by Gasteiger charge is -2.18. The first-order valence-corrected chi connectivity index (χ1v) is 6.68. The van der Waals surface area contributed by atoms with Crippen LogP contribution in [0, 0.1) is 0 Å². The van der Waals surface area contributed by atoms with Crippen LogP contribution in [0.15, 0.2) is 36.7 Å². The van der Waals surface area contributed by atoms with Crippen LogP contribution < -0.4 is 0 Å². The third-order valence-electron chi connectivity index (χ3n) is 2.89. The summed E-state index contributed by atoms with van der Waals surface area (Å²) in [4.78, 5) is 25.0. The molecule has 3 rings (SSSR count). The molecule has 21 heavy (non-hydrogen) atoms. The first-order valence-electron chi connectivity index (χ1n) is 6.68. The zero-order valence-corrected chi connectivity index (χ0v) is 12.1. The molecule has 0 saturated heterocycles. The number of nitrogens with zero attached hydrogens (tertiary/aromatic N) is 3. The van der Waals surface area contributed by atoms with Crippen molar-refractivity contribution in [2.75, 3.05) is 0 Å². The monoisotopic (exact) mass is 281 g/mol. The molecule has 0 N–H and O–H groups in total. The van der Waals surface area contributed by atoms with E-state index in [1.165, 1.54) is 6.20 Å². The predicted molar refractivity (Wildman–Crippen MR) is 80.0 cm³/mol. The Morgan fingerprint density at radius 2 is 1.81 bits per heavy atom. The molecule has 0 aliphatic rings. The van der Waals surface area contributed by atoms with Crippen molar-refractivity contribution >= 4 is 27.9 Å². The maximum Gasteiger partial charge on any atom is 0.359 e. The summed E-state index contributed by atoms with van der Waals surface area (Å²) in [7, 11) is 0. The van der Waals surface area contributed by atoms with E-state index in [4.69, 9.17) is 4.74 Å². The van der Waals surface area contributed by atoms with Gasteiger partial charge in [0.1, 0.15) is 11.1 Å². The molecule has 0 atom stereocenters. The van der Waals surface area contributed by atoms with E-state index >= 15 is 0 Å². The van der Waals surface area contributed by atoms with E-state index in [0.29, 0.717) is 5.52 Å². The van der Waals surface area contributed by atoms with Gasteiger partial charge in [-0.3, -0.25) is 9.97 Å². The Kier molecular flexibility index (Phi) is 3.05. The van der Waals surface area contributed by atoms with Crippen molar-refractivity contribution in [3.63, 3.8) is 0 Å². The normalized spacial score (nSPS) is 11.8. The Bertz CT molecular complexity index is 838. The van der Waals surface area contributed by atoms with Crippen molar-refractivity contribution in [1.29, 1.82) is 0 Å². The molecule has 0 fully saturated rings. The standard InChI is InChI=1S/C16H15N3O2/c1-16(2,3)21-15(20)13-9-18-14-10-6-4-5-7-11(10)17-8-12(14)19-13/h4-9H,1-3H3. The minimum absolute atomic E-state index is 0.189. The molecule has 2 heterocycles. The zero-order chi connectivity index (χ0) is 15.0. The fourth-order valence-electron chi connectivity index (χ4n) is 2.05. The quantitative estimate of drug-likeness (QED) is 0.506. The van der Waals surface area contributed by atoms with Gasteiger partial charge in [0, 0.05) is 5.39 Å². The van der Waals surface area contributed by atoms with E-state index in [2.05, 4.69) is 15.0 Å². The van der Waals surface area contributed by atoms with Gasteiger partial charge in [-0.25, -0.2) is 9.78 Å². The van der Waals surface area contributed by atoms with Gasteiger partial charge in [0.15, 0.2) is 5.69 Å². The summed E-state index contributed by atoms with van der Waals surface area (Å²) in [5.41, 5.74) is 1.79. The molecule has 0 radical (unpaired) electrons. The van der Waals surface area contributed by atoms with E-state index in [-0.39, 0.29) is 5.69 Å². The van der Waals surface area contributed by atoms with Gasteiger partial charge in [-0.15, -0.1) is 0 Å². The van der Waals surface area contributed by atoms with Crippen LogP contribution in [0.25, 0.3) is 21.9 Å². The summed E-state index contributed by atoms with van der Waals surface area (Å²) >= 11 is 0. The minimum atomic E-state index is -0.560. The van der Waals surface area contributed by atoms with Crippen LogP contribution in [-0.4, -0.2) is 26.5 Å². The van der Waals surface area contributed by atoms with Gasteiger partial charge >= 0.3 is 5.97 Å². The molecule has 5 nitrogen and oxygen atoms in total. The molecule has 0 aliphatic carbocycles. The van der Waals surface area contributed by atoms with Gasteiger partial charge in [0.25, 0.3) is 0 Å². The molecule has 0 unspecified atom stereocenters. The second-order valence-electron chi connectivity index (χ2n) is 5.77. The molecule has 5 heteroatoms. The molecule has 0 amide bonds. The summed E-state index contributed by atoms with van der Waals surface area (Å²) < 4.78 is 5.30. The number of carbonyl (C=O) groups is 1. The second-order valence-corrected chi connectivity index (χ2v) is 5.77. The number of ether oxygens (including phenoxy) is 1. The van der Waals surface area contributed by atoms with Gasteiger partial charge < -0.3 is 4.74 Å². The topological polar surface area (TPSA) is 65.0 Å². The number of hydrogen-bond acceptors (Lipinski definition) is 5.